The normalized spacial score (nSPS) is 11.1. The molecule has 0 spiro atoms. The number of aromatic hydroxyl groups is 1. The van der Waals surface area contributed by atoms with Gasteiger partial charge < -0.3 is 9.52 Å². The number of rotatable bonds is 5. The van der Waals surface area contributed by atoms with Gasteiger partial charge >= 0.3 is 0 Å². The Morgan fingerprint density at radius 1 is 1.03 bits per heavy atom. The summed E-state index contributed by atoms with van der Waals surface area (Å²) in [4.78, 5) is 20.8. The van der Waals surface area contributed by atoms with Crippen LogP contribution in [0, 0.1) is 5.82 Å². The lowest BCUT2D eigenvalue weighted by molar-refractivity contribution is 0.101. The van der Waals surface area contributed by atoms with Gasteiger partial charge in [-0.3, -0.25) is 9.78 Å². The fourth-order valence-electron chi connectivity index (χ4n) is 3.57. The molecule has 0 amide bonds. The van der Waals surface area contributed by atoms with E-state index in [9.17, 15) is 14.3 Å². The molecule has 3 aromatic heterocycles. The van der Waals surface area contributed by atoms with E-state index in [4.69, 9.17) is 4.42 Å². The zero-order valence-corrected chi connectivity index (χ0v) is 17.5. The third-order valence-electron chi connectivity index (χ3n) is 5.22. The Kier molecular flexibility index (Phi) is 5.10. The first kappa shape index (κ1) is 20.4. The summed E-state index contributed by atoms with van der Waals surface area (Å²) in [7, 11) is 0. The fraction of sp³-hybridized carbons (Fsp3) is 0.0800. The minimum atomic E-state index is -0.330. The zero-order valence-electron chi connectivity index (χ0n) is 17.5. The molecule has 2 aromatic carbocycles. The number of benzene rings is 2. The molecule has 0 aliphatic rings. The van der Waals surface area contributed by atoms with E-state index in [1.165, 1.54) is 19.1 Å². The molecule has 0 bridgehead atoms. The van der Waals surface area contributed by atoms with Crippen LogP contribution < -0.4 is 0 Å². The van der Waals surface area contributed by atoms with Crippen molar-refractivity contribution in [3.8, 4) is 28.6 Å². The third kappa shape index (κ3) is 3.94. The van der Waals surface area contributed by atoms with Gasteiger partial charge in [0, 0.05) is 22.7 Å². The number of halogens is 1. The van der Waals surface area contributed by atoms with Crippen molar-refractivity contribution in [3.05, 3.63) is 89.7 Å². The number of ketones is 1. The summed E-state index contributed by atoms with van der Waals surface area (Å²) in [6, 6.07) is 16.6. The second-order valence-corrected chi connectivity index (χ2v) is 7.50. The van der Waals surface area contributed by atoms with E-state index in [-0.39, 0.29) is 28.9 Å². The van der Waals surface area contributed by atoms with Crippen molar-refractivity contribution in [2.75, 3.05) is 0 Å². The molecule has 0 aliphatic heterocycles. The van der Waals surface area contributed by atoms with E-state index < -0.39 is 0 Å². The number of carbonyl (C=O) groups excluding carboxylic acids is 1. The molecule has 1 N–H and O–H groups in total. The van der Waals surface area contributed by atoms with Gasteiger partial charge in [-0.2, -0.15) is 0 Å². The maximum absolute atomic E-state index is 13.2. The summed E-state index contributed by atoms with van der Waals surface area (Å²) >= 11 is 0. The van der Waals surface area contributed by atoms with Crippen LogP contribution in [0.15, 0.2) is 71.3 Å². The molecule has 5 rings (SSSR count). The molecule has 5 aromatic rings. The van der Waals surface area contributed by atoms with Crippen LogP contribution in [0.4, 0.5) is 4.39 Å². The highest BCUT2D eigenvalue weighted by molar-refractivity contribution is 6.00. The van der Waals surface area contributed by atoms with E-state index >= 15 is 0 Å². The Labute approximate surface area is 187 Å². The first-order valence-corrected chi connectivity index (χ1v) is 10.2. The largest absolute Gasteiger partial charge is 0.504 e. The van der Waals surface area contributed by atoms with Crippen LogP contribution in [-0.4, -0.2) is 31.1 Å². The molecule has 0 atom stereocenters. The number of pyridine rings is 2. The Morgan fingerprint density at radius 3 is 2.64 bits per heavy atom. The molecular weight excluding hydrogens is 423 g/mol. The molecule has 0 saturated carbocycles. The minimum Gasteiger partial charge on any atom is -0.504 e. The molecular formula is C25H17FN4O3. The third-order valence-corrected chi connectivity index (χ3v) is 5.22. The number of hydrogen-bond donors (Lipinski definition) is 1. The second-order valence-electron chi connectivity index (χ2n) is 7.50. The quantitative estimate of drug-likeness (QED) is 0.384. The van der Waals surface area contributed by atoms with E-state index in [1.807, 2.05) is 6.07 Å². The topological polar surface area (TPSA) is 102 Å². The van der Waals surface area contributed by atoms with E-state index in [2.05, 4.69) is 20.2 Å². The van der Waals surface area contributed by atoms with Crippen LogP contribution in [0.1, 0.15) is 28.7 Å². The van der Waals surface area contributed by atoms with Gasteiger partial charge in [-0.05, 0) is 42.8 Å². The fourth-order valence-corrected chi connectivity index (χ4v) is 3.57. The molecule has 8 heteroatoms. The van der Waals surface area contributed by atoms with E-state index in [1.54, 1.807) is 48.7 Å². The standard InChI is InChI=1S/C25H17FN4O3/c1-14(31)16-4-2-5-17(13-16)21-19-6-3-11-27-22(19)24(32)23(28-21)25-30-29-20(33-25)12-15-7-9-18(26)10-8-15/h2-11,13,32H,12H2,1H3. The van der Waals surface area contributed by atoms with Gasteiger partial charge in [-0.15, -0.1) is 10.2 Å². The molecule has 0 fully saturated rings. The molecule has 162 valence electrons. The van der Waals surface area contributed by atoms with Crippen LogP contribution >= 0.6 is 0 Å². The lowest BCUT2D eigenvalue weighted by Crippen LogP contribution is -1.96. The molecule has 0 unspecified atom stereocenters. The van der Waals surface area contributed by atoms with Gasteiger partial charge in [0.1, 0.15) is 11.3 Å². The summed E-state index contributed by atoms with van der Waals surface area (Å²) in [5.74, 6) is -0.265. The summed E-state index contributed by atoms with van der Waals surface area (Å²) in [5, 5.41) is 19.6. The molecule has 7 nitrogen and oxygen atoms in total. The average molecular weight is 440 g/mol. The van der Waals surface area contributed by atoms with Crippen LogP contribution in [0.3, 0.4) is 0 Å². The number of carbonyl (C=O) groups is 1. The van der Waals surface area contributed by atoms with Crippen LogP contribution in [-0.2, 0) is 6.42 Å². The summed E-state index contributed by atoms with van der Waals surface area (Å²) in [6.07, 6.45) is 1.86. The predicted molar refractivity (Wildman–Crippen MR) is 119 cm³/mol. The Balaban J connectivity index is 1.62. The Hall–Kier alpha value is -4.46. The van der Waals surface area contributed by atoms with Crippen LogP contribution in [0.2, 0.25) is 0 Å². The Bertz CT molecular complexity index is 1500. The first-order chi connectivity index (χ1) is 16.0. The lowest BCUT2D eigenvalue weighted by atomic mass is 10.0. The van der Waals surface area contributed by atoms with Gasteiger partial charge in [-0.25, -0.2) is 9.37 Å². The average Bonchev–Trinajstić information content (AvgIpc) is 3.29. The summed E-state index contributed by atoms with van der Waals surface area (Å²) < 4.78 is 18.9. The van der Waals surface area contributed by atoms with Gasteiger partial charge in [0.05, 0.1) is 12.1 Å². The molecule has 33 heavy (non-hydrogen) atoms. The first-order valence-electron chi connectivity index (χ1n) is 10.2. The Morgan fingerprint density at radius 2 is 1.85 bits per heavy atom. The maximum atomic E-state index is 13.2. The van der Waals surface area contributed by atoms with Crippen molar-refractivity contribution >= 4 is 16.7 Å². The monoisotopic (exact) mass is 440 g/mol. The summed E-state index contributed by atoms with van der Waals surface area (Å²) in [6.45, 7) is 1.50. The van der Waals surface area contributed by atoms with Gasteiger partial charge in [-0.1, -0.05) is 30.3 Å². The van der Waals surface area contributed by atoms with Crippen LogP contribution in [0.25, 0.3) is 33.7 Å². The smallest absolute Gasteiger partial charge is 0.270 e. The van der Waals surface area contributed by atoms with Crippen LogP contribution in [0.5, 0.6) is 5.75 Å². The van der Waals surface area contributed by atoms with Gasteiger partial charge in [0.25, 0.3) is 5.89 Å². The van der Waals surface area contributed by atoms with E-state index in [0.717, 1.165) is 5.56 Å². The number of aromatic nitrogens is 4. The highest BCUT2D eigenvalue weighted by atomic mass is 19.1. The van der Waals surface area contributed by atoms with Crippen molar-refractivity contribution in [1.82, 2.24) is 20.2 Å². The number of nitrogens with zero attached hydrogens (tertiary/aromatic N) is 4. The maximum Gasteiger partial charge on any atom is 0.270 e. The van der Waals surface area contributed by atoms with Gasteiger partial charge in [0.2, 0.25) is 5.89 Å². The lowest BCUT2D eigenvalue weighted by Gasteiger charge is -2.10. The molecule has 0 saturated heterocycles. The van der Waals surface area contributed by atoms with Crippen molar-refractivity contribution in [2.24, 2.45) is 0 Å². The SMILES string of the molecule is CC(=O)c1cccc(-c2nc(-c3nnc(Cc4ccc(F)cc4)o3)c(O)c3ncccc23)c1. The number of Topliss-reactive ketones (excluding diaryl/α,β-unsaturated/α-hetero) is 1. The number of fused-ring (bicyclic) bond motifs is 1. The van der Waals surface area contributed by atoms with Crippen molar-refractivity contribution in [3.63, 3.8) is 0 Å². The number of hydrogen-bond acceptors (Lipinski definition) is 7. The van der Waals surface area contributed by atoms with Crippen molar-refractivity contribution < 1.29 is 18.7 Å². The predicted octanol–water partition coefficient (Wildman–Crippen LogP) is 4.98. The molecule has 0 radical (unpaired) electrons. The highest BCUT2D eigenvalue weighted by Crippen LogP contribution is 2.37. The summed E-state index contributed by atoms with van der Waals surface area (Å²) in [5.41, 5.74) is 2.96. The zero-order chi connectivity index (χ0) is 22.9. The van der Waals surface area contributed by atoms with Crippen molar-refractivity contribution in [2.45, 2.75) is 13.3 Å². The van der Waals surface area contributed by atoms with E-state index in [0.29, 0.717) is 40.0 Å². The highest BCUT2D eigenvalue weighted by Gasteiger charge is 2.21. The van der Waals surface area contributed by atoms with Crippen molar-refractivity contribution in [1.29, 1.82) is 0 Å². The molecule has 0 aliphatic carbocycles. The van der Waals surface area contributed by atoms with Gasteiger partial charge in [0.15, 0.2) is 17.2 Å². The minimum absolute atomic E-state index is 0.0288. The second kappa shape index (κ2) is 8.23. The molecule has 3 heterocycles.